The maximum atomic E-state index is 5.86. The Kier molecular flexibility index (Phi) is 8.39. The molecule has 3 N–H and O–H groups in total. The first-order valence-electron chi connectivity index (χ1n) is 7.49. The average Bonchev–Trinajstić information content (AvgIpc) is 2.51. The fourth-order valence-corrected chi connectivity index (χ4v) is 2.21. The maximum absolute atomic E-state index is 5.86. The van der Waals surface area contributed by atoms with Crippen LogP contribution in [-0.2, 0) is 0 Å². The zero-order valence-corrected chi connectivity index (χ0v) is 16.5. The summed E-state index contributed by atoms with van der Waals surface area (Å²) in [7, 11) is 1.63. The van der Waals surface area contributed by atoms with E-state index < -0.39 is 0 Å². The molecule has 0 aromatic heterocycles. The fourth-order valence-electron chi connectivity index (χ4n) is 2.21. The van der Waals surface area contributed by atoms with Gasteiger partial charge in [0.2, 0.25) is 0 Å². The Hall–Kier alpha value is -1.96. The number of hydrogen-bond donors (Lipinski definition) is 2. The molecule has 0 atom stereocenters. The van der Waals surface area contributed by atoms with E-state index in [1.165, 1.54) is 11.1 Å². The third-order valence-corrected chi connectivity index (χ3v) is 3.20. The standard InChI is InChI=1S/C18H23N3O2.HI/c1-13-10-14(2)12-17(11-13)23-9-8-20-18(19)21-15-4-6-16(22-3)7-5-15;/h4-7,10-12H,8-9H2,1-3H3,(H3,19,20,21);1H. The molecule has 6 heteroatoms. The lowest BCUT2D eigenvalue weighted by atomic mass is 10.1. The van der Waals surface area contributed by atoms with E-state index in [2.05, 4.69) is 30.2 Å². The van der Waals surface area contributed by atoms with Crippen molar-refractivity contribution in [1.82, 2.24) is 0 Å². The van der Waals surface area contributed by atoms with Crippen molar-refractivity contribution < 1.29 is 9.47 Å². The number of guanidine groups is 1. The molecule has 24 heavy (non-hydrogen) atoms. The van der Waals surface area contributed by atoms with Gasteiger partial charge in [-0.1, -0.05) is 6.07 Å². The van der Waals surface area contributed by atoms with Gasteiger partial charge in [0, 0.05) is 5.69 Å². The highest BCUT2D eigenvalue weighted by Gasteiger charge is 1.98. The van der Waals surface area contributed by atoms with Crippen LogP contribution in [0.4, 0.5) is 5.69 Å². The number of methoxy groups -OCH3 is 1. The molecule has 0 saturated carbocycles. The highest BCUT2D eigenvalue weighted by molar-refractivity contribution is 14.0. The first-order valence-corrected chi connectivity index (χ1v) is 7.49. The summed E-state index contributed by atoms with van der Waals surface area (Å²) >= 11 is 0. The Morgan fingerprint density at radius 3 is 2.25 bits per heavy atom. The molecule has 5 nitrogen and oxygen atoms in total. The number of aliphatic imine (C=N–C) groups is 1. The van der Waals surface area contributed by atoms with Crippen molar-refractivity contribution in [2.24, 2.45) is 10.7 Å². The van der Waals surface area contributed by atoms with Crippen LogP contribution in [0, 0.1) is 13.8 Å². The minimum Gasteiger partial charge on any atom is -0.497 e. The third kappa shape index (κ3) is 6.66. The Labute approximate surface area is 160 Å². The van der Waals surface area contributed by atoms with Crippen LogP contribution >= 0.6 is 24.0 Å². The van der Waals surface area contributed by atoms with E-state index >= 15 is 0 Å². The van der Waals surface area contributed by atoms with E-state index in [-0.39, 0.29) is 24.0 Å². The van der Waals surface area contributed by atoms with Gasteiger partial charge in [0.05, 0.1) is 13.7 Å². The molecule has 0 fully saturated rings. The first kappa shape index (κ1) is 20.1. The molecule has 0 heterocycles. The molecular formula is C18H24IN3O2. The second-order valence-corrected chi connectivity index (χ2v) is 5.29. The summed E-state index contributed by atoms with van der Waals surface area (Å²) < 4.78 is 10.8. The number of rotatable bonds is 6. The van der Waals surface area contributed by atoms with Crippen LogP contribution in [0.15, 0.2) is 47.5 Å². The Bertz CT molecular complexity index is 652. The second kappa shape index (κ2) is 10.0. The maximum Gasteiger partial charge on any atom is 0.193 e. The summed E-state index contributed by atoms with van der Waals surface area (Å²) in [6.45, 7) is 5.07. The van der Waals surface area contributed by atoms with Crippen LogP contribution in [-0.4, -0.2) is 26.2 Å². The third-order valence-electron chi connectivity index (χ3n) is 3.20. The van der Waals surface area contributed by atoms with Crippen molar-refractivity contribution in [3.63, 3.8) is 0 Å². The second-order valence-electron chi connectivity index (χ2n) is 5.29. The molecule has 0 spiro atoms. The van der Waals surface area contributed by atoms with Gasteiger partial charge in [0.15, 0.2) is 5.96 Å². The van der Waals surface area contributed by atoms with Crippen molar-refractivity contribution in [1.29, 1.82) is 0 Å². The highest BCUT2D eigenvalue weighted by atomic mass is 127. The van der Waals surface area contributed by atoms with Crippen LogP contribution in [0.1, 0.15) is 11.1 Å². The molecule has 0 saturated heterocycles. The average molecular weight is 441 g/mol. The van der Waals surface area contributed by atoms with Gasteiger partial charge in [0.25, 0.3) is 0 Å². The largest absolute Gasteiger partial charge is 0.497 e. The molecule has 130 valence electrons. The quantitative estimate of drug-likeness (QED) is 0.310. The van der Waals surface area contributed by atoms with Crippen LogP contribution in [0.5, 0.6) is 11.5 Å². The van der Waals surface area contributed by atoms with Gasteiger partial charge < -0.3 is 20.5 Å². The predicted octanol–water partition coefficient (Wildman–Crippen LogP) is 3.74. The van der Waals surface area contributed by atoms with Gasteiger partial charge in [-0.15, -0.1) is 24.0 Å². The van der Waals surface area contributed by atoms with Gasteiger partial charge in [0.1, 0.15) is 18.1 Å². The monoisotopic (exact) mass is 441 g/mol. The van der Waals surface area contributed by atoms with Crippen molar-refractivity contribution in [3.8, 4) is 11.5 Å². The number of nitrogens with one attached hydrogen (secondary N) is 1. The number of anilines is 1. The van der Waals surface area contributed by atoms with Crippen molar-refractivity contribution in [3.05, 3.63) is 53.6 Å². The molecule has 0 bridgehead atoms. The van der Waals surface area contributed by atoms with E-state index in [0.29, 0.717) is 19.1 Å². The molecule has 0 unspecified atom stereocenters. The summed E-state index contributed by atoms with van der Waals surface area (Å²) in [5.74, 6) is 2.02. The smallest absolute Gasteiger partial charge is 0.193 e. The van der Waals surface area contributed by atoms with Gasteiger partial charge >= 0.3 is 0 Å². The predicted molar refractivity (Wildman–Crippen MR) is 110 cm³/mol. The van der Waals surface area contributed by atoms with E-state index in [1.54, 1.807) is 7.11 Å². The van der Waals surface area contributed by atoms with E-state index in [0.717, 1.165) is 17.2 Å². The van der Waals surface area contributed by atoms with Gasteiger partial charge in [-0.05, 0) is 61.4 Å². The number of nitrogens with zero attached hydrogens (tertiary/aromatic N) is 1. The Balaban J connectivity index is 0.00000288. The van der Waals surface area contributed by atoms with Gasteiger partial charge in [-0.3, -0.25) is 0 Å². The number of nitrogens with two attached hydrogens (primary N) is 1. The summed E-state index contributed by atoms with van der Waals surface area (Å²) in [4.78, 5) is 4.25. The molecule has 2 rings (SSSR count). The molecule has 0 radical (unpaired) electrons. The highest BCUT2D eigenvalue weighted by Crippen LogP contribution is 2.16. The number of ether oxygens (including phenoxy) is 2. The fraction of sp³-hybridized carbons (Fsp3) is 0.278. The molecule has 2 aromatic rings. The SMILES string of the molecule is COc1ccc(NC(N)=NCCOc2cc(C)cc(C)c2)cc1.I. The molecule has 0 amide bonds. The minimum absolute atomic E-state index is 0. The minimum atomic E-state index is 0. The van der Waals surface area contributed by atoms with E-state index in [1.807, 2.05) is 36.4 Å². The number of benzene rings is 2. The molecular weight excluding hydrogens is 417 g/mol. The summed E-state index contributed by atoms with van der Waals surface area (Å²) in [5, 5.41) is 3.03. The lowest BCUT2D eigenvalue weighted by Gasteiger charge is -2.08. The van der Waals surface area contributed by atoms with Crippen molar-refractivity contribution >= 4 is 35.6 Å². The summed E-state index contributed by atoms with van der Waals surface area (Å²) in [5.41, 5.74) is 9.09. The summed E-state index contributed by atoms with van der Waals surface area (Å²) in [6, 6.07) is 13.6. The van der Waals surface area contributed by atoms with Crippen molar-refractivity contribution in [2.75, 3.05) is 25.6 Å². The Morgan fingerprint density at radius 1 is 1.04 bits per heavy atom. The molecule has 0 aliphatic rings. The topological polar surface area (TPSA) is 68.9 Å². The zero-order valence-electron chi connectivity index (χ0n) is 14.2. The Morgan fingerprint density at radius 2 is 1.67 bits per heavy atom. The lowest BCUT2D eigenvalue weighted by Crippen LogP contribution is -2.23. The van der Waals surface area contributed by atoms with Crippen LogP contribution in [0.2, 0.25) is 0 Å². The van der Waals surface area contributed by atoms with Crippen LogP contribution in [0.25, 0.3) is 0 Å². The van der Waals surface area contributed by atoms with E-state index in [4.69, 9.17) is 15.2 Å². The number of aryl methyl sites for hydroxylation is 2. The number of halogens is 1. The normalized spacial score (nSPS) is 10.7. The molecule has 0 aliphatic carbocycles. The van der Waals surface area contributed by atoms with Gasteiger partial charge in [-0.2, -0.15) is 0 Å². The molecule has 0 aliphatic heterocycles. The lowest BCUT2D eigenvalue weighted by molar-refractivity contribution is 0.328. The summed E-state index contributed by atoms with van der Waals surface area (Å²) in [6.07, 6.45) is 0. The number of hydrogen-bond acceptors (Lipinski definition) is 3. The zero-order chi connectivity index (χ0) is 16.7. The van der Waals surface area contributed by atoms with Crippen LogP contribution in [0.3, 0.4) is 0 Å². The molecule has 2 aromatic carbocycles. The van der Waals surface area contributed by atoms with Gasteiger partial charge in [-0.25, -0.2) is 4.99 Å². The van der Waals surface area contributed by atoms with Crippen molar-refractivity contribution in [2.45, 2.75) is 13.8 Å². The van der Waals surface area contributed by atoms with Crippen LogP contribution < -0.4 is 20.5 Å². The first-order chi connectivity index (χ1) is 11.1. The van der Waals surface area contributed by atoms with E-state index in [9.17, 15) is 0 Å².